The zero-order valence-corrected chi connectivity index (χ0v) is 14.2. The molecule has 3 rings (SSSR count). The van der Waals surface area contributed by atoms with Crippen LogP contribution in [-0.2, 0) is 6.54 Å². The summed E-state index contributed by atoms with van der Waals surface area (Å²) < 4.78 is 0. The van der Waals surface area contributed by atoms with Gasteiger partial charge in [0.25, 0.3) is 5.91 Å². The molecule has 120 valence electrons. The quantitative estimate of drug-likeness (QED) is 0.895. The number of rotatable bonds is 4. The summed E-state index contributed by atoms with van der Waals surface area (Å²) in [6.45, 7) is 8.25. The third-order valence-electron chi connectivity index (χ3n) is 6.79. The van der Waals surface area contributed by atoms with Gasteiger partial charge in [-0.15, -0.1) is 0 Å². The van der Waals surface area contributed by atoms with E-state index in [-0.39, 0.29) is 5.91 Å². The molecular formula is C19H28N2O. The highest BCUT2D eigenvalue weighted by Crippen LogP contribution is 2.65. The Morgan fingerprint density at radius 2 is 1.91 bits per heavy atom. The van der Waals surface area contributed by atoms with Crippen molar-refractivity contribution in [1.29, 1.82) is 0 Å². The monoisotopic (exact) mass is 300 g/mol. The van der Waals surface area contributed by atoms with Crippen LogP contribution in [0, 0.1) is 16.7 Å². The highest BCUT2D eigenvalue weighted by Gasteiger charge is 2.60. The normalized spacial score (nSPS) is 32.2. The minimum absolute atomic E-state index is 0.0260. The van der Waals surface area contributed by atoms with E-state index in [1.807, 2.05) is 12.1 Å². The summed E-state index contributed by atoms with van der Waals surface area (Å²) in [6.07, 6.45) is 4.04. The summed E-state index contributed by atoms with van der Waals surface area (Å²) in [7, 11) is 1.66. The van der Waals surface area contributed by atoms with Crippen molar-refractivity contribution >= 4 is 5.91 Å². The second-order valence-corrected chi connectivity index (χ2v) is 7.82. The lowest BCUT2D eigenvalue weighted by molar-refractivity contribution is 0.0963. The first-order chi connectivity index (χ1) is 10.4. The molecule has 2 N–H and O–H groups in total. The Hall–Kier alpha value is -1.35. The topological polar surface area (TPSA) is 41.1 Å². The summed E-state index contributed by atoms with van der Waals surface area (Å²) in [4.78, 5) is 11.6. The maximum absolute atomic E-state index is 11.6. The highest BCUT2D eigenvalue weighted by molar-refractivity contribution is 5.93. The minimum atomic E-state index is -0.0260. The maximum Gasteiger partial charge on any atom is 0.251 e. The van der Waals surface area contributed by atoms with Gasteiger partial charge in [-0.25, -0.2) is 0 Å². The molecule has 0 radical (unpaired) electrons. The molecule has 3 atom stereocenters. The molecule has 3 unspecified atom stereocenters. The average molecular weight is 300 g/mol. The van der Waals surface area contributed by atoms with Gasteiger partial charge in [0, 0.05) is 25.2 Å². The Bertz CT molecular complexity index is 563. The van der Waals surface area contributed by atoms with Crippen LogP contribution in [-0.4, -0.2) is 19.0 Å². The number of benzene rings is 1. The summed E-state index contributed by atoms with van der Waals surface area (Å²) in [5.41, 5.74) is 2.84. The molecule has 2 saturated carbocycles. The van der Waals surface area contributed by atoms with Gasteiger partial charge < -0.3 is 10.6 Å². The predicted molar refractivity (Wildman–Crippen MR) is 89.7 cm³/mol. The van der Waals surface area contributed by atoms with Gasteiger partial charge in [-0.05, 0) is 53.7 Å². The van der Waals surface area contributed by atoms with Crippen LogP contribution in [0.5, 0.6) is 0 Å². The van der Waals surface area contributed by atoms with Crippen LogP contribution in [0.2, 0.25) is 0 Å². The lowest BCUT2D eigenvalue weighted by Crippen LogP contribution is -2.44. The zero-order valence-electron chi connectivity index (χ0n) is 14.2. The lowest BCUT2D eigenvalue weighted by Gasteiger charge is -2.39. The second-order valence-electron chi connectivity index (χ2n) is 7.82. The first-order valence-electron chi connectivity index (χ1n) is 8.43. The van der Waals surface area contributed by atoms with Crippen LogP contribution in [0.1, 0.15) is 56.0 Å². The van der Waals surface area contributed by atoms with Gasteiger partial charge in [0.1, 0.15) is 0 Å². The molecule has 0 aliphatic heterocycles. The van der Waals surface area contributed by atoms with Crippen LogP contribution in [0.3, 0.4) is 0 Å². The van der Waals surface area contributed by atoms with Crippen molar-refractivity contribution in [2.24, 2.45) is 16.7 Å². The molecule has 1 aromatic carbocycles. The standard InChI is InChI=1S/C19H28N2O/c1-18(2)15-9-10-19(18,3)16(11-15)21-12-13-5-7-14(8-6-13)17(22)20-4/h5-8,15-16,21H,9-12H2,1-4H3,(H,20,22). The van der Waals surface area contributed by atoms with Crippen molar-refractivity contribution in [2.45, 2.75) is 52.6 Å². The third kappa shape index (κ3) is 2.26. The molecule has 22 heavy (non-hydrogen) atoms. The zero-order chi connectivity index (χ0) is 16.0. The molecule has 0 spiro atoms. The summed E-state index contributed by atoms with van der Waals surface area (Å²) in [5.74, 6) is 0.840. The Labute approximate surface area is 133 Å². The van der Waals surface area contributed by atoms with Crippen LogP contribution >= 0.6 is 0 Å². The molecule has 2 aliphatic carbocycles. The Morgan fingerprint density at radius 3 is 2.41 bits per heavy atom. The van der Waals surface area contributed by atoms with Crippen LogP contribution in [0.25, 0.3) is 0 Å². The number of fused-ring (bicyclic) bond motifs is 2. The molecule has 0 saturated heterocycles. The van der Waals surface area contributed by atoms with Gasteiger partial charge in [0.2, 0.25) is 0 Å². The molecule has 1 aromatic rings. The van der Waals surface area contributed by atoms with E-state index in [2.05, 4.69) is 43.5 Å². The largest absolute Gasteiger partial charge is 0.355 e. The van der Waals surface area contributed by atoms with E-state index in [1.165, 1.54) is 24.8 Å². The number of amides is 1. The molecule has 0 heterocycles. The fraction of sp³-hybridized carbons (Fsp3) is 0.632. The summed E-state index contributed by atoms with van der Waals surface area (Å²) in [5, 5.41) is 6.44. The molecule has 1 amide bonds. The Balaban J connectivity index is 1.63. The SMILES string of the molecule is CNC(=O)c1ccc(CNC2CC3CCC2(C)C3(C)C)cc1. The highest BCUT2D eigenvalue weighted by atomic mass is 16.1. The number of hydrogen-bond acceptors (Lipinski definition) is 2. The van der Waals surface area contributed by atoms with Crippen LogP contribution < -0.4 is 10.6 Å². The van der Waals surface area contributed by atoms with Gasteiger partial charge in [-0.3, -0.25) is 4.79 Å². The van der Waals surface area contributed by atoms with Gasteiger partial charge in [0.05, 0.1) is 0 Å². The third-order valence-corrected chi connectivity index (χ3v) is 6.79. The van der Waals surface area contributed by atoms with Crippen molar-refractivity contribution < 1.29 is 4.79 Å². The van der Waals surface area contributed by atoms with E-state index in [0.29, 0.717) is 16.9 Å². The molecule has 2 aliphatic rings. The first-order valence-corrected chi connectivity index (χ1v) is 8.43. The van der Waals surface area contributed by atoms with E-state index in [4.69, 9.17) is 0 Å². The smallest absolute Gasteiger partial charge is 0.251 e. The van der Waals surface area contributed by atoms with Crippen molar-refractivity contribution in [3.05, 3.63) is 35.4 Å². The van der Waals surface area contributed by atoms with E-state index in [9.17, 15) is 4.79 Å². The fourth-order valence-electron chi connectivity index (χ4n) is 4.67. The number of hydrogen-bond donors (Lipinski definition) is 2. The lowest BCUT2D eigenvalue weighted by atomic mass is 9.69. The molecule has 3 heteroatoms. The van der Waals surface area contributed by atoms with Crippen molar-refractivity contribution in [3.63, 3.8) is 0 Å². The number of carbonyl (C=O) groups excluding carboxylic acids is 1. The van der Waals surface area contributed by atoms with E-state index in [1.54, 1.807) is 7.05 Å². The molecule has 3 nitrogen and oxygen atoms in total. The molecule has 2 bridgehead atoms. The Morgan fingerprint density at radius 1 is 1.23 bits per heavy atom. The summed E-state index contributed by atoms with van der Waals surface area (Å²) >= 11 is 0. The molecular weight excluding hydrogens is 272 g/mol. The van der Waals surface area contributed by atoms with Gasteiger partial charge >= 0.3 is 0 Å². The fourth-order valence-corrected chi connectivity index (χ4v) is 4.67. The van der Waals surface area contributed by atoms with E-state index >= 15 is 0 Å². The summed E-state index contributed by atoms with van der Waals surface area (Å²) in [6, 6.07) is 8.53. The van der Waals surface area contributed by atoms with Gasteiger partial charge in [-0.1, -0.05) is 32.9 Å². The Kier molecular flexibility index (Phi) is 3.80. The van der Waals surface area contributed by atoms with Crippen molar-refractivity contribution in [1.82, 2.24) is 10.6 Å². The van der Waals surface area contributed by atoms with Crippen molar-refractivity contribution in [3.8, 4) is 0 Å². The predicted octanol–water partition coefficient (Wildman–Crippen LogP) is 3.35. The van der Waals surface area contributed by atoms with Crippen molar-refractivity contribution in [2.75, 3.05) is 7.05 Å². The maximum atomic E-state index is 11.6. The van der Waals surface area contributed by atoms with Crippen LogP contribution in [0.15, 0.2) is 24.3 Å². The second kappa shape index (κ2) is 5.38. The first kappa shape index (κ1) is 15.5. The van der Waals surface area contributed by atoms with Gasteiger partial charge in [0.15, 0.2) is 0 Å². The van der Waals surface area contributed by atoms with E-state index in [0.717, 1.165) is 18.0 Å². The molecule has 2 fully saturated rings. The molecule has 0 aromatic heterocycles. The average Bonchev–Trinajstić information content (AvgIpc) is 2.85. The number of nitrogens with one attached hydrogen (secondary N) is 2. The number of carbonyl (C=O) groups is 1. The van der Waals surface area contributed by atoms with Gasteiger partial charge in [-0.2, -0.15) is 0 Å². The minimum Gasteiger partial charge on any atom is -0.355 e. The van der Waals surface area contributed by atoms with Crippen LogP contribution in [0.4, 0.5) is 0 Å². The van der Waals surface area contributed by atoms with E-state index < -0.39 is 0 Å².